The van der Waals surface area contributed by atoms with E-state index in [9.17, 15) is 0 Å². The molecule has 14 heavy (non-hydrogen) atoms. The third-order valence-electron chi connectivity index (χ3n) is 2.14. The summed E-state index contributed by atoms with van der Waals surface area (Å²) < 4.78 is 5.04. The third-order valence-corrected chi connectivity index (χ3v) is 2.14. The molecule has 0 spiro atoms. The molecule has 0 aliphatic carbocycles. The summed E-state index contributed by atoms with van der Waals surface area (Å²) >= 11 is 0. The van der Waals surface area contributed by atoms with Crippen LogP contribution in [0, 0.1) is 6.92 Å². The van der Waals surface area contributed by atoms with E-state index >= 15 is 0 Å². The molecule has 1 aromatic rings. The van der Waals surface area contributed by atoms with Gasteiger partial charge in [-0.3, -0.25) is 0 Å². The smallest absolute Gasteiger partial charge is 0.0661 e. The molecule has 0 bridgehead atoms. The highest BCUT2D eigenvalue weighted by Gasteiger charge is 2.04. The van der Waals surface area contributed by atoms with E-state index in [0.717, 1.165) is 16.9 Å². The molecule has 78 valence electrons. The average molecular weight is 194 g/mol. The lowest BCUT2D eigenvalue weighted by molar-refractivity contribution is 0.190. The first-order valence-corrected chi connectivity index (χ1v) is 4.75. The molecule has 1 rings (SSSR count). The number of nitrogens with two attached hydrogens (primary N) is 1. The molecule has 0 aromatic heterocycles. The molecule has 1 atom stereocenters. The van der Waals surface area contributed by atoms with Gasteiger partial charge in [0.15, 0.2) is 0 Å². The van der Waals surface area contributed by atoms with Gasteiger partial charge in [0.05, 0.1) is 18.0 Å². The minimum Gasteiger partial charge on any atom is -0.397 e. The van der Waals surface area contributed by atoms with Crippen molar-refractivity contribution in [3.63, 3.8) is 0 Å². The maximum absolute atomic E-state index is 5.92. The summed E-state index contributed by atoms with van der Waals surface area (Å²) in [5.74, 6) is 0. The molecular formula is C11H18N2O. The van der Waals surface area contributed by atoms with Gasteiger partial charge in [0, 0.05) is 13.2 Å². The van der Waals surface area contributed by atoms with Gasteiger partial charge in [-0.1, -0.05) is 12.1 Å². The van der Waals surface area contributed by atoms with E-state index in [1.807, 2.05) is 25.1 Å². The molecule has 1 aromatic carbocycles. The molecule has 3 N–H and O–H groups in total. The van der Waals surface area contributed by atoms with E-state index in [0.29, 0.717) is 6.61 Å². The van der Waals surface area contributed by atoms with Gasteiger partial charge in [-0.05, 0) is 25.5 Å². The fourth-order valence-electron chi connectivity index (χ4n) is 1.36. The van der Waals surface area contributed by atoms with E-state index in [2.05, 4.69) is 12.2 Å². The van der Waals surface area contributed by atoms with Gasteiger partial charge in [-0.2, -0.15) is 0 Å². The van der Waals surface area contributed by atoms with Crippen LogP contribution in [0.25, 0.3) is 0 Å². The van der Waals surface area contributed by atoms with Crippen LogP contribution in [-0.2, 0) is 4.74 Å². The lowest BCUT2D eigenvalue weighted by Crippen LogP contribution is -2.21. The number of methoxy groups -OCH3 is 1. The maximum Gasteiger partial charge on any atom is 0.0661 e. The summed E-state index contributed by atoms with van der Waals surface area (Å²) in [6.07, 6.45) is 0. The molecule has 0 amide bonds. The van der Waals surface area contributed by atoms with Crippen molar-refractivity contribution in [3.8, 4) is 0 Å². The number of nitrogen functional groups attached to an aromatic ring is 1. The van der Waals surface area contributed by atoms with Crippen molar-refractivity contribution in [2.24, 2.45) is 0 Å². The van der Waals surface area contributed by atoms with Gasteiger partial charge in [0.1, 0.15) is 0 Å². The molecule has 1 unspecified atom stereocenters. The summed E-state index contributed by atoms with van der Waals surface area (Å²) in [7, 11) is 1.69. The number of para-hydroxylation sites is 1. The van der Waals surface area contributed by atoms with E-state index in [4.69, 9.17) is 10.5 Å². The normalized spacial score (nSPS) is 12.5. The van der Waals surface area contributed by atoms with Crippen LogP contribution in [0.15, 0.2) is 18.2 Å². The number of benzene rings is 1. The fraction of sp³-hybridized carbons (Fsp3) is 0.455. The summed E-state index contributed by atoms with van der Waals surface area (Å²) in [5, 5.41) is 3.30. The first-order valence-electron chi connectivity index (χ1n) is 4.75. The predicted molar refractivity (Wildman–Crippen MR) is 60.6 cm³/mol. The van der Waals surface area contributed by atoms with Gasteiger partial charge in [0.2, 0.25) is 0 Å². The molecule has 3 heteroatoms. The van der Waals surface area contributed by atoms with Crippen molar-refractivity contribution >= 4 is 11.4 Å². The topological polar surface area (TPSA) is 47.3 Å². The van der Waals surface area contributed by atoms with Crippen LogP contribution < -0.4 is 11.1 Å². The standard InChI is InChI=1S/C11H18N2O/c1-8-5-4-6-10(11(8)12)13-9(2)7-14-3/h4-6,9,13H,7,12H2,1-3H3. The number of hydrogen-bond donors (Lipinski definition) is 2. The second-order valence-electron chi connectivity index (χ2n) is 3.54. The molecule has 0 saturated carbocycles. The number of hydrogen-bond acceptors (Lipinski definition) is 3. The second-order valence-corrected chi connectivity index (χ2v) is 3.54. The van der Waals surface area contributed by atoms with Gasteiger partial charge in [-0.15, -0.1) is 0 Å². The van der Waals surface area contributed by atoms with Crippen molar-refractivity contribution in [1.29, 1.82) is 0 Å². The van der Waals surface area contributed by atoms with E-state index in [1.165, 1.54) is 0 Å². The van der Waals surface area contributed by atoms with Crippen LogP contribution in [0.5, 0.6) is 0 Å². The first-order chi connectivity index (χ1) is 6.65. The molecular weight excluding hydrogens is 176 g/mol. The number of nitrogens with one attached hydrogen (secondary N) is 1. The molecule has 0 radical (unpaired) electrons. The Morgan fingerprint density at radius 1 is 1.50 bits per heavy atom. The Morgan fingerprint density at radius 2 is 2.21 bits per heavy atom. The maximum atomic E-state index is 5.92. The Balaban J connectivity index is 2.71. The number of anilines is 2. The Hall–Kier alpha value is -1.22. The van der Waals surface area contributed by atoms with E-state index in [-0.39, 0.29) is 6.04 Å². The molecule has 0 fully saturated rings. The molecule has 0 saturated heterocycles. The van der Waals surface area contributed by atoms with Crippen molar-refractivity contribution in [2.45, 2.75) is 19.9 Å². The summed E-state index contributed by atoms with van der Waals surface area (Å²) in [6.45, 7) is 4.74. The first kappa shape index (κ1) is 10.9. The molecule has 0 aliphatic rings. The Labute approximate surface area is 85.3 Å². The van der Waals surface area contributed by atoms with Crippen LogP contribution >= 0.6 is 0 Å². The summed E-state index contributed by atoms with van der Waals surface area (Å²) in [4.78, 5) is 0. The van der Waals surface area contributed by atoms with Crippen LogP contribution in [0.2, 0.25) is 0 Å². The number of ether oxygens (including phenoxy) is 1. The molecule has 0 heterocycles. The van der Waals surface area contributed by atoms with E-state index in [1.54, 1.807) is 7.11 Å². The van der Waals surface area contributed by atoms with Crippen molar-refractivity contribution < 1.29 is 4.74 Å². The minimum absolute atomic E-state index is 0.268. The quantitative estimate of drug-likeness (QED) is 0.721. The minimum atomic E-state index is 0.268. The highest BCUT2D eigenvalue weighted by Crippen LogP contribution is 2.22. The van der Waals surface area contributed by atoms with Crippen molar-refractivity contribution in [2.75, 3.05) is 24.8 Å². The largest absolute Gasteiger partial charge is 0.397 e. The summed E-state index contributed by atoms with van der Waals surface area (Å²) in [5.41, 5.74) is 8.82. The van der Waals surface area contributed by atoms with Crippen molar-refractivity contribution in [3.05, 3.63) is 23.8 Å². The molecule has 3 nitrogen and oxygen atoms in total. The second kappa shape index (κ2) is 4.86. The Kier molecular flexibility index (Phi) is 3.77. The van der Waals surface area contributed by atoms with Crippen LogP contribution in [0.4, 0.5) is 11.4 Å². The zero-order chi connectivity index (χ0) is 10.6. The lowest BCUT2D eigenvalue weighted by Gasteiger charge is -2.16. The van der Waals surface area contributed by atoms with E-state index < -0.39 is 0 Å². The zero-order valence-corrected chi connectivity index (χ0v) is 9.00. The van der Waals surface area contributed by atoms with Crippen molar-refractivity contribution in [1.82, 2.24) is 0 Å². The van der Waals surface area contributed by atoms with Crippen LogP contribution in [-0.4, -0.2) is 19.8 Å². The third kappa shape index (κ3) is 2.64. The highest BCUT2D eigenvalue weighted by atomic mass is 16.5. The van der Waals surface area contributed by atoms with Crippen LogP contribution in [0.1, 0.15) is 12.5 Å². The highest BCUT2D eigenvalue weighted by molar-refractivity contribution is 5.69. The molecule has 0 aliphatic heterocycles. The SMILES string of the molecule is COCC(C)Nc1cccc(C)c1N. The fourth-order valence-corrected chi connectivity index (χ4v) is 1.36. The Bertz CT molecular complexity index is 299. The van der Waals surface area contributed by atoms with Gasteiger partial charge in [-0.25, -0.2) is 0 Å². The summed E-state index contributed by atoms with van der Waals surface area (Å²) in [6, 6.07) is 6.24. The number of aryl methyl sites for hydroxylation is 1. The van der Waals surface area contributed by atoms with Gasteiger partial charge in [0.25, 0.3) is 0 Å². The predicted octanol–water partition coefficient (Wildman–Crippen LogP) is 2.02. The zero-order valence-electron chi connectivity index (χ0n) is 9.00. The Morgan fingerprint density at radius 3 is 2.86 bits per heavy atom. The van der Waals surface area contributed by atoms with Gasteiger partial charge < -0.3 is 15.8 Å². The van der Waals surface area contributed by atoms with Gasteiger partial charge >= 0.3 is 0 Å². The monoisotopic (exact) mass is 194 g/mol. The van der Waals surface area contributed by atoms with Crippen LogP contribution in [0.3, 0.4) is 0 Å². The average Bonchev–Trinajstić information content (AvgIpc) is 2.13. The number of rotatable bonds is 4. The lowest BCUT2D eigenvalue weighted by atomic mass is 10.1.